The summed E-state index contributed by atoms with van der Waals surface area (Å²) in [7, 11) is -3.96. The van der Waals surface area contributed by atoms with Crippen LogP contribution in [0.15, 0.2) is 18.2 Å². The molecule has 1 aromatic carbocycles. The maximum absolute atomic E-state index is 13.2. The van der Waals surface area contributed by atoms with Crippen LogP contribution in [-0.2, 0) is 16.2 Å². The molecule has 10 heteroatoms. The average Bonchev–Trinajstić information content (AvgIpc) is 3.16. The molecule has 0 aliphatic heterocycles. The molecule has 0 unspecified atom stereocenters. The third-order valence-electron chi connectivity index (χ3n) is 6.10. The number of amides is 1. The van der Waals surface area contributed by atoms with Crippen LogP contribution in [0.3, 0.4) is 0 Å². The fourth-order valence-electron chi connectivity index (χ4n) is 4.13. The number of alkyl halides is 3. The van der Waals surface area contributed by atoms with Crippen molar-refractivity contribution < 1.29 is 26.4 Å². The highest BCUT2D eigenvalue weighted by Gasteiger charge is 2.55. The maximum Gasteiger partial charge on any atom is 0.416 e. The van der Waals surface area contributed by atoms with Crippen LogP contribution in [0.4, 0.5) is 18.9 Å². The van der Waals surface area contributed by atoms with Crippen molar-refractivity contribution in [1.82, 2.24) is 5.32 Å². The van der Waals surface area contributed by atoms with E-state index in [1.807, 2.05) is 0 Å². The number of fused-ring (bicyclic) bond motifs is 2. The van der Waals surface area contributed by atoms with Crippen LogP contribution in [0.2, 0.25) is 0 Å². The highest BCUT2D eigenvalue weighted by molar-refractivity contribution is 7.94. The lowest BCUT2D eigenvalue weighted by molar-refractivity contribution is -0.137. The number of benzene rings is 1. The van der Waals surface area contributed by atoms with Gasteiger partial charge < -0.3 is 5.32 Å². The molecule has 0 radical (unpaired) electrons. The molecule has 0 atom stereocenters. The number of nitrogens with zero attached hydrogens (tertiary/aromatic N) is 1. The van der Waals surface area contributed by atoms with Crippen molar-refractivity contribution in [2.75, 3.05) is 4.72 Å². The Hall–Kier alpha value is -2.28. The number of rotatable bonds is 4. The summed E-state index contributed by atoms with van der Waals surface area (Å²) < 4.78 is 65.8. The third-order valence-corrected chi connectivity index (χ3v) is 8.20. The van der Waals surface area contributed by atoms with Gasteiger partial charge >= 0.3 is 6.18 Å². The number of anilines is 1. The van der Waals surface area contributed by atoms with Gasteiger partial charge in [-0.3, -0.25) is 9.52 Å². The van der Waals surface area contributed by atoms with Gasteiger partial charge in [0, 0.05) is 5.54 Å². The van der Waals surface area contributed by atoms with Crippen molar-refractivity contribution in [1.29, 1.82) is 5.26 Å². The van der Waals surface area contributed by atoms with Gasteiger partial charge in [-0.25, -0.2) is 8.42 Å². The number of sulfonamides is 1. The molecule has 30 heavy (non-hydrogen) atoms. The highest BCUT2D eigenvalue weighted by atomic mass is 32.2. The fourth-order valence-corrected chi connectivity index (χ4v) is 4.91. The van der Waals surface area contributed by atoms with E-state index in [9.17, 15) is 31.6 Å². The van der Waals surface area contributed by atoms with Gasteiger partial charge in [-0.15, -0.1) is 0 Å². The van der Waals surface area contributed by atoms with Crippen LogP contribution in [0.1, 0.15) is 68.8 Å². The van der Waals surface area contributed by atoms with Crippen molar-refractivity contribution in [3.8, 4) is 6.07 Å². The molecule has 3 rings (SSSR count). The predicted molar refractivity (Wildman–Crippen MR) is 105 cm³/mol. The standard InChI is InChI=1S/C20H24F3N3O3S/c1-17(2,3)30(28,29)26-15-5-4-13(20(21,22)23)10-14(15)16(27)25-19-8-6-18(11-19,12-24)7-9-19/h4-5,10,26H,6-9,11H2,1-3H3,(H,25,27). The molecular formula is C20H24F3N3O3S. The minimum atomic E-state index is -4.69. The zero-order chi connectivity index (χ0) is 22.6. The Bertz CT molecular complexity index is 1010. The Morgan fingerprint density at radius 1 is 1.13 bits per heavy atom. The van der Waals surface area contributed by atoms with Gasteiger partial charge in [-0.05, 0) is 71.1 Å². The monoisotopic (exact) mass is 443 g/mol. The molecule has 2 aliphatic carbocycles. The summed E-state index contributed by atoms with van der Waals surface area (Å²) in [4.78, 5) is 13.0. The molecule has 164 valence electrons. The first-order valence-corrected chi connectivity index (χ1v) is 11.1. The smallest absolute Gasteiger partial charge is 0.346 e. The second kappa shape index (κ2) is 6.87. The normalized spacial score (nSPS) is 26.3. The van der Waals surface area contributed by atoms with E-state index in [4.69, 9.17) is 0 Å². The predicted octanol–water partition coefficient (Wildman–Crippen LogP) is 4.20. The molecule has 1 aromatic rings. The summed E-state index contributed by atoms with van der Waals surface area (Å²) in [6.07, 6.45) is -1.87. The van der Waals surface area contributed by atoms with Gasteiger partial charge in [0.25, 0.3) is 5.91 Å². The van der Waals surface area contributed by atoms with E-state index in [1.165, 1.54) is 20.8 Å². The van der Waals surface area contributed by atoms with Crippen LogP contribution < -0.4 is 10.0 Å². The molecule has 2 bridgehead atoms. The van der Waals surface area contributed by atoms with Gasteiger partial charge in [0.15, 0.2) is 0 Å². The van der Waals surface area contributed by atoms with Crippen molar-refractivity contribution in [3.63, 3.8) is 0 Å². The van der Waals surface area contributed by atoms with E-state index in [0.717, 1.165) is 12.1 Å². The van der Waals surface area contributed by atoms with Gasteiger partial charge in [0.2, 0.25) is 10.0 Å². The minimum absolute atomic E-state index is 0.214. The number of nitriles is 1. The Labute approximate surface area is 173 Å². The van der Waals surface area contributed by atoms with E-state index in [0.29, 0.717) is 38.2 Å². The quantitative estimate of drug-likeness (QED) is 0.728. The highest BCUT2D eigenvalue weighted by Crippen LogP contribution is 2.56. The zero-order valence-electron chi connectivity index (χ0n) is 17.0. The lowest BCUT2D eigenvalue weighted by Crippen LogP contribution is -2.45. The second-order valence-electron chi connectivity index (χ2n) is 9.28. The first kappa shape index (κ1) is 22.4. The molecule has 6 nitrogen and oxygen atoms in total. The van der Waals surface area contributed by atoms with Gasteiger partial charge in [0.1, 0.15) is 0 Å². The Kier molecular flexibility index (Phi) is 5.13. The summed E-state index contributed by atoms with van der Waals surface area (Å²) in [5.41, 5.74) is -2.81. The molecule has 2 aliphatic rings. The van der Waals surface area contributed by atoms with Crippen molar-refractivity contribution in [2.45, 2.75) is 69.3 Å². The summed E-state index contributed by atoms with van der Waals surface area (Å²) >= 11 is 0. The maximum atomic E-state index is 13.2. The minimum Gasteiger partial charge on any atom is -0.346 e. The number of carbonyl (C=O) groups excluding carboxylic acids is 1. The number of carbonyl (C=O) groups is 1. The van der Waals surface area contributed by atoms with Gasteiger partial charge in [-0.1, -0.05) is 0 Å². The molecule has 0 aromatic heterocycles. The summed E-state index contributed by atoms with van der Waals surface area (Å²) in [6, 6.07) is 4.66. The number of hydrogen-bond donors (Lipinski definition) is 2. The van der Waals surface area contributed by atoms with Crippen LogP contribution in [0.25, 0.3) is 0 Å². The van der Waals surface area contributed by atoms with E-state index in [2.05, 4.69) is 16.1 Å². The Balaban J connectivity index is 1.97. The van der Waals surface area contributed by atoms with Gasteiger partial charge in [-0.2, -0.15) is 18.4 Å². The first-order chi connectivity index (χ1) is 13.6. The zero-order valence-corrected chi connectivity index (χ0v) is 17.8. The van der Waals surface area contributed by atoms with Crippen LogP contribution in [-0.4, -0.2) is 24.6 Å². The van der Waals surface area contributed by atoms with Crippen molar-refractivity contribution in [3.05, 3.63) is 29.3 Å². The molecule has 0 heterocycles. The van der Waals surface area contributed by atoms with Crippen molar-refractivity contribution >= 4 is 21.6 Å². The van der Waals surface area contributed by atoms with Gasteiger partial charge in [0.05, 0.1) is 33.0 Å². The molecular weight excluding hydrogens is 419 g/mol. The van der Waals surface area contributed by atoms with Crippen LogP contribution in [0, 0.1) is 16.7 Å². The Morgan fingerprint density at radius 3 is 2.20 bits per heavy atom. The van der Waals surface area contributed by atoms with Crippen molar-refractivity contribution in [2.24, 2.45) is 5.41 Å². The SMILES string of the molecule is CC(C)(C)S(=O)(=O)Nc1ccc(C(F)(F)F)cc1C(=O)NC12CCC(C#N)(CC1)C2. The average molecular weight is 443 g/mol. The summed E-state index contributed by atoms with van der Waals surface area (Å²) in [5, 5.41) is 12.2. The number of halogens is 3. The van der Waals surface area contributed by atoms with E-state index in [1.54, 1.807) is 0 Å². The van der Waals surface area contributed by atoms with E-state index >= 15 is 0 Å². The topological polar surface area (TPSA) is 99.1 Å². The number of hydrogen-bond acceptors (Lipinski definition) is 4. The molecule has 2 fully saturated rings. The second-order valence-corrected chi connectivity index (χ2v) is 11.7. The molecule has 0 spiro atoms. The molecule has 2 saturated carbocycles. The summed E-state index contributed by atoms with van der Waals surface area (Å²) in [6.45, 7) is 4.32. The lowest BCUT2D eigenvalue weighted by atomic mass is 9.85. The molecule has 1 amide bonds. The van der Waals surface area contributed by atoms with E-state index < -0.39 is 48.9 Å². The lowest BCUT2D eigenvalue weighted by Gasteiger charge is -2.29. The molecule has 2 N–H and O–H groups in total. The third kappa shape index (κ3) is 4.00. The Morgan fingerprint density at radius 2 is 1.73 bits per heavy atom. The van der Waals surface area contributed by atoms with Crippen LogP contribution >= 0.6 is 0 Å². The first-order valence-electron chi connectivity index (χ1n) is 9.60. The van der Waals surface area contributed by atoms with Crippen LogP contribution in [0.5, 0.6) is 0 Å². The number of nitrogens with one attached hydrogen (secondary N) is 2. The largest absolute Gasteiger partial charge is 0.416 e. The fraction of sp³-hybridized carbons (Fsp3) is 0.600. The summed E-state index contributed by atoms with van der Waals surface area (Å²) in [5.74, 6) is -0.789. The van der Waals surface area contributed by atoms with E-state index in [-0.39, 0.29) is 5.69 Å². The molecule has 0 saturated heterocycles.